The number of aryl methyl sites for hydroxylation is 1. The first-order valence-electron chi connectivity index (χ1n) is 10.1. The standard InChI is InChI=1S/C20H34N6S/c1-4-5-6-7-8-9-10-13-21-20(22-15-18-12-11-14-27-18)23-16-19-25-24-17(2)26(19)3/h11-12,14H,4-10,13,15-16H2,1-3H3,(H2,21,22,23). The number of rotatable bonds is 12. The molecule has 0 saturated heterocycles. The van der Waals surface area contributed by atoms with E-state index in [-0.39, 0.29) is 0 Å². The minimum atomic E-state index is 0.522. The topological polar surface area (TPSA) is 67.1 Å². The molecule has 0 aliphatic carbocycles. The maximum Gasteiger partial charge on any atom is 0.192 e. The Morgan fingerprint density at radius 3 is 2.56 bits per heavy atom. The van der Waals surface area contributed by atoms with Gasteiger partial charge in [0.15, 0.2) is 11.8 Å². The Balaban J connectivity index is 1.78. The minimum absolute atomic E-state index is 0.522. The number of nitrogens with one attached hydrogen (secondary N) is 2. The molecule has 2 rings (SSSR count). The highest BCUT2D eigenvalue weighted by atomic mass is 32.1. The third-order valence-corrected chi connectivity index (χ3v) is 5.52. The fourth-order valence-corrected chi connectivity index (χ4v) is 3.43. The Kier molecular flexibility index (Phi) is 9.90. The summed E-state index contributed by atoms with van der Waals surface area (Å²) in [5.41, 5.74) is 0. The van der Waals surface area contributed by atoms with Gasteiger partial charge in [-0.05, 0) is 24.8 Å². The van der Waals surface area contributed by atoms with Crippen molar-refractivity contribution in [3.8, 4) is 0 Å². The first-order valence-corrected chi connectivity index (χ1v) is 11.0. The van der Waals surface area contributed by atoms with Crippen LogP contribution in [-0.2, 0) is 20.1 Å². The van der Waals surface area contributed by atoms with Crippen LogP contribution >= 0.6 is 11.3 Å². The van der Waals surface area contributed by atoms with Crippen LogP contribution in [0.2, 0.25) is 0 Å². The van der Waals surface area contributed by atoms with Gasteiger partial charge in [0.25, 0.3) is 0 Å². The smallest absolute Gasteiger partial charge is 0.192 e. The van der Waals surface area contributed by atoms with Gasteiger partial charge < -0.3 is 15.2 Å². The number of aromatic nitrogens is 3. The summed E-state index contributed by atoms with van der Waals surface area (Å²) in [4.78, 5) is 6.00. The molecule has 2 heterocycles. The van der Waals surface area contributed by atoms with Crippen LogP contribution in [0.1, 0.15) is 68.4 Å². The van der Waals surface area contributed by atoms with Crippen LogP contribution in [0.5, 0.6) is 0 Å². The molecule has 2 aromatic heterocycles. The van der Waals surface area contributed by atoms with E-state index >= 15 is 0 Å². The largest absolute Gasteiger partial charge is 0.356 e. The highest BCUT2D eigenvalue weighted by Gasteiger charge is 2.05. The quantitative estimate of drug-likeness (QED) is 0.324. The number of nitrogens with zero attached hydrogens (tertiary/aromatic N) is 4. The van der Waals surface area contributed by atoms with E-state index in [2.05, 4.69) is 45.3 Å². The molecule has 2 aromatic rings. The molecule has 0 aromatic carbocycles. The zero-order chi connectivity index (χ0) is 19.3. The number of thiophene rings is 1. The second-order valence-electron chi connectivity index (χ2n) is 6.87. The van der Waals surface area contributed by atoms with Crippen LogP contribution in [-0.4, -0.2) is 27.3 Å². The van der Waals surface area contributed by atoms with Crippen molar-refractivity contribution in [2.45, 2.75) is 71.9 Å². The fraction of sp³-hybridized carbons (Fsp3) is 0.650. The minimum Gasteiger partial charge on any atom is -0.356 e. The Hall–Kier alpha value is -1.89. The van der Waals surface area contributed by atoms with E-state index in [0.717, 1.165) is 30.7 Å². The molecule has 0 bridgehead atoms. The summed E-state index contributed by atoms with van der Waals surface area (Å²) >= 11 is 1.75. The lowest BCUT2D eigenvalue weighted by atomic mass is 10.1. The molecule has 0 aliphatic heterocycles. The summed E-state index contributed by atoms with van der Waals surface area (Å²) in [5.74, 6) is 2.63. The Bertz CT molecular complexity index is 662. The maximum atomic E-state index is 4.70. The summed E-state index contributed by atoms with van der Waals surface area (Å²) in [6, 6.07) is 4.21. The molecule has 0 amide bonds. The molecule has 0 saturated carbocycles. The van der Waals surface area contributed by atoms with Crippen molar-refractivity contribution in [3.63, 3.8) is 0 Å². The number of guanidine groups is 1. The predicted molar refractivity (Wildman–Crippen MR) is 114 cm³/mol. The average molecular weight is 391 g/mol. The Morgan fingerprint density at radius 2 is 1.89 bits per heavy atom. The summed E-state index contributed by atoms with van der Waals surface area (Å²) in [7, 11) is 1.98. The van der Waals surface area contributed by atoms with Gasteiger partial charge in [0.1, 0.15) is 12.4 Å². The molecule has 0 aliphatic rings. The van der Waals surface area contributed by atoms with Crippen LogP contribution in [0.4, 0.5) is 0 Å². The first-order chi connectivity index (χ1) is 13.2. The third-order valence-electron chi connectivity index (χ3n) is 4.64. The van der Waals surface area contributed by atoms with Gasteiger partial charge in [-0.25, -0.2) is 4.99 Å². The molecule has 0 fully saturated rings. The summed E-state index contributed by atoms with van der Waals surface area (Å²) in [5, 5.41) is 17.3. The summed E-state index contributed by atoms with van der Waals surface area (Å²) in [6.07, 6.45) is 9.18. The van der Waals surface area contributed by atoms with E-state index in [1.165, 1.54) is 49.8 Å². The molecule has 0 unspecified atom stereocenters. The lowest BCUT2D eigenvalue weighted by molar-refractivity contribution is 0.583. The van der Waals surface area contributed by atoms with Crippen molar-refractivity contribution in [1.82, 2.24) is 25.4 Å². The molecule has 0 spiro atoms. The van der Waals surface area contributed by atoms with Crippen molar-refractivity contribution >= 4 is 17.3 Å². The Morgan fingerprint density at radius 1 is 1.11 bits per heavy atom. The number of hydrogen-bond donors (Lipinski definition) is 2. The Labute approximate surface area is 167 Å². The molecule has 6 nitrogen and oxygen atoms in total. The van der Waals surface area contributed by atoms with Gasteiger partial charge in [0.05, 0.1) is 6.54 Å². The molecule has 0 atom stereocenters. The lowest BCUT2D eigenvalue weighted by Crippen LogP contribution is -2.37. The maximum absolute atomic E-state index is 4.70. The SMILES string of the molecule is CCCCCCCCCNC(=NCc1nnc(C)n1C)NCc1cccs1. The van der Waals surface area contributed by atoms with Crippen LogP contribution in [0, 0.1) is 6.92 Å². The molecular formula is C20H34N6S. The average Bonchev–Trinajstić information content (AvgIpc) is 3.30. The molecule has 2 N–H and O–H groups in total. The van der Waals surface area contributed by atoms with Crippen molar-refractivity contribution in [2.24, 2.45) is 12.0 Å². The molecule has 27 heavy (non-hydrogen) atoms. The van der Waals surface area contributed by atoms with Gasteiger partial charge in [-0.2, -0.15) is 0 Å². The zero-order valence-electron chi connectivity index (χ0n) is 17.0. The molecule has 0 radical (unpaired) electrons. The van der Waals surface area contributed by atoms with Crippen molar-refractivity contribution in [3.05, 3.63) is 34.0 Å². The van der Waals surface area contributed by atoms with E-state index in [4.69, 9.17) is 4.99 Å². The van der Waals surface area contributed by atoms with Crippen LogP contribution in [0.3, 0.4) is 0 Å². The predicted octanol–water partition coefficient (Wildman–Crippen LogP) is 4.17. The van der Waals surface area contributed by atoms with E-state index in [1.54, 1.807) is 11.3 Å². The van der Waals surface area contributed by atoms with E-state index in [0.29, 0.717) is 6.54 Å². The second-order valence-corrected chi connectivity index (χ2v) is 7.90. The van der Waals surface area contributed by atoms with Crippen LogP contribution in [0.15, 0.2) is 22.5 Å². The highest BCUT2D eigenvalue weighted by Crippen LogP contribution is 2.08. The van der Waals surface area contributed by atoms with E-state index < -0.39 is 0 Å². The van der Waals surface area contributed by atoms with Gasteiger partial charge in [0.2, 0.25) is 0 Å². The van der Waals surface area contributed by atoms with Crippen molar-refractivity contribution in [1.29, 1.82) is 0 Å². The highest BCUT2D eigenvalue weighted by molar-refractivity contribution is 7.09. The lowest BCUT2D eigenvalue weighted by Gasteiger charge is -2.12. The van der Waals surface area contributed by atoms with Crippen molar-refractivity contribution < 1.29 is 0 Å². The van der Waals surface area contributed by atoms with Gasteiger partial charge in [-0.15, -0.1) is 21.5 Å². The number of unbranched alkanes of at least 4 members (excludes halogenated alkanes) is 6. The third kappa shape index (κ3) is 8.12. The van der Waals surface area contributed by atoms with Crippen molar-refractivity contribution in [2.75, 3.05) is 6.54 Å². The number of aliphatic imine (C=N–C) groups is 1. The van der Waals surface area contributed by atoms with Gasteiger partial charge in [0, 0.05) is 18.5 Å². The van der Waals surface area contributed by atoms with Gasteiger partial charge in [-0.1, -0.05) is 51.5 Å². The monoisotopic (exact) mass is 390 g/mol. The van der Waals surface area contributed by atoms with Gasteiger partial charge >= 0.3 is 0 Å². The zero-order valence-corrected chi connectivity index (χ0v) is 17.8. The molecule has 150 valence electrons. The van der Waals surface area contributed by atoms with Gasteiger partial charge in [-0.3, -0.25) is 0 Å². The first kappa shape index (κ1) is 21.4. The van der Waals surface area contributed by atoms with Crippen LogP contribution < -0.4 is 10.6 Å². The molecular weight excluding hydrogens is 356 g/mol. The normalized spacial score (nSPS) is 11.7. The molecule has 7 heteroatoms. The summed E-state index contributed by atoms with van der Waals surface area (Å²) < 4.78 is 1.98. The second kappa shape index (κ2) is 12.5. The van der Waals surface area contributed by atoms with Crippen LogP contribution in [0.25, 0.3) is 0 Å². The fourth-order valence-electron chi connectivity index (χ4n) is 2.79. The van der Waals surface area contributed by atoms with E-state index in [9.17, 15) is 0 Å². The van der Waals surface area contributed by atoms with E-state index in [1.807, 2.05) is 18.5 Å². The number of hydrogen-bond acceptors (Lipinski definition) is 4. The summed E-state index contributed by atoms with van der Waals surface area (Å²) in [6.45, 7) is 6.47.